The van der Waals surface area contributed by atoms with Crippen molar-refractivity contribution in [3.8, 4) is 5.75 Å². The highest BCUT2D eigenvalue weighted by atomic mass is 32.2. The molecule has 26 heavy (non-hydrogen) atoms. The van der Waals surface area contributed by atoms with E-state index in [1.54, 1.807) is 30.3 Å². The van der Waals surface area contributed by atoms with E-state index in [0.29, 0.717) is 34.9 Å². The van der Waals surface area contributed by atoms with Crippen molar-refractivity contribution in [2.45, 2.75) is 25.7 Å². The van der Waals surface area contributed by atoms with Gasteiger partial charge in [-0.05, 0) is 63.2 Å². The number of carbonyl (C=O) groups is 1. The highest BCUT2D eigenvalue weighted by molar-refractivity contribution is 7.92. The molecule has 0 fully saturated rings. The molecule has 7 heteroatoms. The number of amides is 1. The van der Waals surface area contributed by atoms with Crippen molar-refractivity contribution in [1.29, 1.82) is 0 Å². The monoisotopic (exact) mass is 372 g/mol. The van der Waals surface area contributed by atoms with Gasteiger partial charge in [-0.25, -0.2) is 8.42 Å². The van der Waals surface area contributed by atoms with Crippen molar-refractivity contribution < 1.29 is 17.9 Å². The van der Waals surface area contributed by atoms with Gasteiger partial charge in [0.15, 0.2) is 0 Å². The third-order valence-electron chi connectivity index (χ3n) is 3.96. The summed E-state index contributed by atoms with van der Waals surface area (Å²) in [5.74, 6) is 0.458. The predicted molar refractivity (Wildman–Crippen MR) is 102 cm³/mol. The molecule has 1 aliphatic heterocycles. The molecule has 2 aromatic carbocycles. The molecule has 0 bridgehead atoms. The van der Waals surface area contributed by atoms with Gasteiger partial charge >= 0.3 is 0 Å². The van der Waals surface area contributed by atoms with Crippen molar-refractivity contribution in [2.75, 3.05) is 16.6 Å². The maximum atomic E-state index is 12.7. The standard InChI is InChI=1S/C19H20N2O4S/c1-4-25-14-7-5-13(6-8-14)21-26(23,24)15-9-10-17-16(11-15)18(12(2)3)19(22)20-17/h5-11,21H,4H2,1-3H3,(H,20,22). The molecule has 2 aromatic rings. The molecule has 0 saturated heterocycles. The fourth-order valence-electron chi connectivity index (χ4n) is 2.81. The first-order chi connectivity index (χ1) is 12.3. The highest BCUT2D eigenvalue weighted by Crippen LogP contribution is 2.35. The van der Waals surface area contributed by atoms with Crippen LogP contribution in [0.1, 0.15) is 26.3 Å². The summed E-state index contributed by atoms with van der Waals surface area (Å²) in [5.41, 5.74) is 3.00. The van der Waals surface area contributed by atoms with Crippen molar-refractivity contribution in [3.63, 3.8) is 0 Å². The number of hydrogen-bond donors (Lipinski definition) is 2. The van der Waals surface area contributed by atoms with Gasteiger partial charge in [0, 0.05) is 22.5 Å². The average Bonchev–Trinajstić information content (AvgIpc) is 2.91. The molecule has 0 aliphatic carbocycles. The van der Waals surface area contributed by atoms with E-state index in [9.17, 15) is 13.2 Å². The van der Waals surface area contributed by atoms with Gasteiger partial charge in [-0.15, -0.1) is 0 Å². The lowest BCUT2D eigenvalue weighted by atomic mass is 10.0. The van der Waals surface area contributed by atoms with Gasteiger partial charge in [-0.2, -0.15) is 0 Å². The Hall–Kier alpha value is -2.80. The molecule has 0 unspecified atom stereocenters. The summed E-state index contributed by atoms with van der Waals surface area (Å²) in [5, 5.41) is 2.75. The number of fused-ring (bicyclic) bond motifs is 1. The molecule has 0 radical (unpaired) electrons. The van der Waals surface area contributed by atoms with Crippen molar-refractivity contribution >= 4 is 32.9 Å². The van der Waals surface area contributed by atoms with Crippen molar-refractivity contribution in [3.05, 3.63) is 53.6 Å². The Balaban J connectivity index is 1.91. The van der Waals surface area contributed by atoms with Crippen molar-refractivity contribution in [1.82, 2.24) is 0 Å². The fraction of sp³-hybridized carbons (Fsp3) is 0.211. The average molecular weight is 372 g/mol. The summed E-state index contributed by atoms with van der Waals surface area (Å²) >= 11 is 0. The van der Waals surface area contributed by atoms with Crippen LogP contribution in [0.25, 0.3) is 5.57 Å². The van der Waals surface area contributed by atoms with E-state index in [4.69, 9.17) is 4.74 Å². The van der Waals surface area contributed by atoms with Crippen LogP contribution >= 0.6 is 0 Å². The quantitative estimate of drug-likeness (QED) is 0.785. The predicted octanol–water partition coefficient (Wildman–Crippen LogP) is 3.63. The van der Waals surface area contributed by atoms with Crippen molar-refractivity contribution in [2.24, 2.45) is 0 Å². The third-order valence-corrected chi connectivity index (χ3v) is 5.34. The molecule has 3 rings (SSSR count). The molecule has 1 heterocycles. The van der Waals surface area contributed by atoms with Gasteiger partial charge in [-0.1, -0.05) is 5.57 Å². The van der Waals surface area contributed by atoms with Gasteiger partial charge in [0.25, 0.3) is 15.9 Å². The van der Waals surface area contributed by atoms with Crippen LogP contribution in [-0.2, 0) is 14.8 Å². The molecule has 0 atom stereocenters. The van der Waals surface area contributed by atoms with E-state index in [1.807, 2.05) is 20.8 Å². The summed E-state index contributed by atoms with van der Waals surface area (Å²) in [6, 6.07) is 11.3. The number of nitrogens with one attached hydrogen (secondary N) is 2. The second kappa shape index (κ2) is 6.84. The molecule has 1 aliphatic rings. The minimum Gasteiger partial charge on any atom is -0.494 e. The molecule has 6 nitrogen and oxygen atoms in total. The summed E-state index contributed by atoms with van der Waals surface area (Å²) < 4.78 is 33.3. The van der Waals surface area contributed by atoms with Crippen LogP contribution in [0.5, 0.6) is 5.75 Å². The Kier molecular flexibility index (Phi) is 4.73. The summed E-state index contributed by atoms with van der Waals surface area (Å²) in [6.07, 6.45) is 0. The molecular weight excluding hydrogens is 352 g/mol. The summed E-state index contributed by atoms with van der Waals surface area (Å²) in [7, 11) is -3.78. The van der Waals surface area contributed by atoms with E-state index in [-0.39, 0.29) is 10.8 Å². The Morgan fingerprint density at radius 3 is 2.42 bits per heavy atom. The van der Waals surface area contributed by atoms with Gasteiger partial charge in [-0.3, -0.25) is 9.52 Å². The molecular formula is C19H20N2O4S. The number of anilines is 2. The SMILES string of the molecule is CCOc1ccc(NS(=O)(=O)c2ccc3c(c2)C(=C(C)C)C(=O)N3)cc1. The van der Waals surface area contributed by atoms with E-state index >= 15 is 0 Å². The second-order valence-electron chi connectivity index (χ2n) is 6.10. The maximum absolute atomic E-state index is 12.7. The van der Waals surface area contributed by atoms with Crippen LogP contribution in [0.3, 0.4) is 0 Å². The first-order valence-corrected chi connectivity index (χ1v) is 9.69. The van der Waals surface area contributed by atoms with E-state index < -0.39 is 10.0 Å². The van der Waals surface area contributed by atoms with E-state index in [2.05, 4.69) is 10.0 Å². The summed E-state index contributed by atoms with van der Waals surface area (Å²) in [4.78, 5) is 12.2. The van der Waals surface area contributed by atoms with Gasteiger partial charge < -0.3 is 10.1 Å². The summed E-state index contributed by atoms with van der Waals surface area (Å²) in [6.45, 7) is 6.07. The molecule has 2 N–H and O–H groups in total. The number of ether oxygens (including phenoxy) is 1. The lowest BCUT2D eigenvalue weighted by molar-refractivity contribution is -0.110. The molecule has 0 aromatic heterocycles. The minimum atomic E-state index is -3.78. The number of sulfonamides is 1. The van der Waals surface area contributed by atoms with E-state index in [0.717, 1.165) is 5.57 Å². The highest BCUT2D eigenvalue weighted by Gasteiger charge is 2.27. The number of hydrogen-bond acceptors (Lipinski definition) is 4. The Morgan fingerprint density at radius 1 is 1.12 bits per heavy atom. The Bertz CT molecular complexity index is 989. The van der Waals surface area contributed by atoms with Crippen LogP contribution in [0.15, 0.2) is 52.9 Å². The Labute approximate surface area is 152 Å². The smallest absolute Gasteiger partial charge is 0.261 e. The van der Waals surface area contributed by atoms with Crippen LogP contribution in [0, 0.1) is 0 Å². The molecule has 1 amide bonds. The van der Waals surface area contributed by atoms with Gasteiger partial charge in [0.1, 0.15) is 5.75 Å². The second-order valence-corrected chi connectivity index (χ2v) is 7.78. The topological polar surface area (TPSA) is 84.5 Å². The maximum Gasteiger partial charge on any atom is 0.261 e. The van der Waals surface area contributed by atoms with Crippen LogP contribution < -0.4 is 14.8 Å². The van der Waals surface area contributed by atoms with Gasteiger partial charge in [0.05, 0.1) is 11.5 Å². The zero-order valence-electron chi connectivity index (χ0n) is 14.8. The zero-order valence-corrected chi connectivity index (χ0v) is 15.6. The largest absolute Gasteiger partial charge is 0.494 e. The number of allylic oxidation sites excluding steroid dienone is 1. The fourth-order valence-corrected chi connectivity index (χ4v) is 3.89. The lowest BCUT2D eigenvalue weighted by Crippen LogP contribution is -2.13. The Morgan fingerprint density at radius 2 is 1.81 bits per heavy atom. The first kappa shape index (κ1) is 18.0. The third kappa shape index (κ3) is 3.43. The number of rotatable bonds is 5. The van der Waals surface area contributed by atoms with E-state index in [1.165, 1.54) is 12.1 Å². The normalized spacial score (nSPS) is 13.2. The molecule has 0 saturated carbocycles. The molecule has 136 valence electrons. The zero-order chi connectivity index (χ0) is 18.9. The first-order valence-electron chi connectivity index (χ1n) is 8.21. The molecule has 0 spiro atoms. The number of benzene rings is 2. The number of carbonyl (C=O) groups excluding carboxylic acids is 1. The van der Waals surface area contributed by atoms with Crippen LogP contribution in [0.4, 0.5) is 11.4 Å². The lowest BCUT2D eigenvalue weighted by Gasteiger charge is -2.10. The van der Waals surface area contributed by atoms with Crippen LogP contribution in [-0.4, -0.2) is 20.9 Å². The minimum absolute atomic E-state index is 0.0976. The van der Waals surface area contributed by atoms with Gasteiger partial charge in [0.2, 0.25) is 0 Å². The van der Waals surface area contributed by atoms with Crippen LogP contribution in [0.2, 0.25) is 0 Å².